The summed E-state index contributed by atoms with van der Waals surface area (Å²) in [5.41, 5.74) is 2.55. The van der Waals surface area contributed by atoms with Crippen molar-refractivity contribution in [3.05, 3.63) is 36.2 Å². The SMILES string of the molecule is CCCCc1cn(-c2nc3ccccc3nc2OC)nn1. The molecule has 0 saturated carbocycles. The monoisotopic (exact) mass is 283 g/mol. The zero-order valence-electron chi connectivity index (χ0n) is 12.2. The number of para-hydroxylation sites is 2. The third kappa shape index (κ3) is 2.69. The minimum atomic E-state index is 0.445. The molecule has 0 unspecified atom stereocenters. The molecule has 0 bridgehead atoms. The van der Waals surface area contributed by atoms with Gasteiger partial charge in [-0.1, -0.05) is 30.7 Å². The minimum absolute atomic E-state index is 0.445. The van der Waals surface area contributed by atoms with Crippen LogP contribution in [0.4, 0.5) is 0 Å². The normalized spacial score (nSPS) is 11.0. The maximum absolute atomic E-state index is 5.34. The van der Waals surface area contributed by atoms with E-state index in [2.05, 4.69) is 27.2 Å². The molecule has 0 amide bonds. The number of aryl methyl sites for hydroxylation is 1. The number of aromatic nitrogens is 5. The zero-order valence-corrected chi connectivity index (χ0v) is 12.2. The van der Waals surface area contributed by atoms with E-state index >= 15 is 0 Å². The van der Waals surface area contributed by atoms with Gasteiger partial charge in [-0.15, -0.1) is 5.10 Å². The summed E-state index contributed by atoms with van der Waals surface area (Å²) in [6, 6.07) is 7.68. The standard InChI is InChI=1S/C15H17N5O/c1-3-4-7-11-10-20(19-18-11)14-15(21-2)17-13-9-6-5-8-12(13)16-14/h5-6,8-10H,3-4,7H2,1-2H3. The minimum Gasteiger partial charge on any atom is -0.478 e. The third-order valence-electron chi connectivity index (χ3n) is 3.26. The molecule has 0 atom stereocenters. The first-order valence-corrected chi connectivity index (χ1v) is 7.04. The van der Waals surface area contributed by atoms with Gasteiger partial charge in [0.25, 0.3) is 5.88 Å². The number of benzene rings is 1. The molecule has 0 N–H and O–H groups in total. The zero-order chi connectivity index (χ0) is 14.7. The van der Waals surface area contributed by atoms with Crippen molar-refractivity contribution in [2.75, 3.05) is 7.11 Å². The van der Waals surface area contributed by atoms with Gasteiger partial charge in [0, 0.05) is 0 Å². The largest absolute Gasteiger partial charge is 0.478 e. The topological polar surface area (TPSA) is 65.7 Å². The number of ether oxygens (including phenoxy) is 1. The van der Waals surface area contributed by atoms with Crippen molar-refractivity contribution < 1.29 is 4.74 Å². The third-order valence-corrected chi connectivity index (χ3v) is 3.26. The molecule has 0 aliphatic heterocycles. The van der Waals surface area contributed by atoms with Gasteiger partial charge in [-0.25, -0.2) is 9.97 Å². The molecular weight excluding hydrogens is 266 g/mol. The second-order valence-corrected chi connectivity index (χ2v) is 4.80. The van der Waals surface area contributed by atoms with Crippen molar-refractivity contribution in [2.45, 2.75) is 26.2 Å². The molecule has 0 aliphatic rings. The summed E-state index contributed by atoms with van der Waals surface area (Å²) in [4.78, 5) is 9.05. The maximum atomic E-state index is 5.34. The van der Waals surface area contributed by atoms with Crippen molar-refractivity contribution in [3.63, 3.8) is 0 Å². The van der Waals surface area contributed by atoms with Crippen LogP contribution in [0.1, 0.15) is 25.5 Å². The van der Waals surface area contributed by atoms with Gasteiger partial charge in [-0.3, -0.25) is 0 Å². The number of fused-ring (bicyclic) bond motifs is 1. The van der Waals surface area contributed by atoms with E-state index in [0.717, 1.165) is 36.0 Å². The molecule has 0 aliphatic carbocycles. The second-order valence-electron chi connectivity index (χ2n) is 4.80. The predicted molar refractivity (Wildman–Crippen MR) is 79.6 cm³/mol. The molecule has 0 fully saturated rings. The fourth-order valence-corrected chi connectivity index (χ4v) is 2.14. The Labute approximate surface area is 122 Å². The van der Waals surface area contributed by atoms with Gasteiger partial charge < -0.3 is 4.74 Å². The lowest BCUT2D eigenvalue weighted by molar-refractivity contribution is 0.394. The number of hydrogen-bond donors (Lipinski definition) is 0. The molecule has 3 aromatic rings. The Bertz CT molecular complexity index is 753. The maximum Gasteiger partial charge on any atom is 0.260 e. The van der Waals surface area contributed by atoms with Crippen LogP contribution in [-0.2, 0) is 6.42 Å². The van der Waals surface area contributed by atoms with Gasteiger partial charge in [0.2, 0.25) is 5.82 Å². The van der Waals surface area contributed by atoms with Crippen molar-refractivity contribution in [1.82, 2.24) is 25.0 Å². The first-order chi connectivity index (χ1) is 10.3. The van der Waals surface area contributed by atoms with Crippen LogP contribution in [0.3, 0.4) is 0 Å². The summed E-state index contributed by atoms with van der Waals surface area (Å²) in [5, 5.41) is 8.31. The Morgan fingerprint density at radius 2 is 1.90 bits per heavy atom. The molecule has 0 radical (unpaired) electrons. The molecule has 6 nitrogen and oxygen atoms in total. The lowest BCUT2D eigenvalue weighted by Crippen LogP contribution is -2.04. The Kier molecular flexibility index (Phi) is 3.77. The summed E-state index contributed by atoms with van der Waals surface area (Å²) >= 11 is 0. The van der Waals surface area contributed by atoms with E-state index in [9.17, 15) is 0 Å². The average molecular weight is 283 g/mol. The van der Waals surface area contributed by atoms with Gasteiger partial charge in [0.05, 0.1) is 30.0 Å². The smallest absolute Gasteiger partial charge is 0.260 e. The van der Waals surface area contributed by atoms with Gasteiger partial charge in [0.1, 0.15) is 0 Å². The summed E-state index contributed by atoms with van der Waals surface area (Å²) in [7, 11) is 1.58. The first kappa shape index (κ1) is 13.5. The van der Waals surface area contributed by atoms with Gasteiger partial charge in [0.15, 0.2) is 0 Å². The fraction of sp³-hybridized carbons (Fsp3) is 0.333. The molecule has 2 heterocycles. The van der Waals surface area contributed by atoms with Gasteiger partial charge in [-0.05, 0) is 25.0 Å². The highest BCUT2D eigenvalue weighted by Crippen LogP contribution is 2.21. The Balaban J connectivity index is 2.03. The van der Waals surface area contributed by atoms with E-state index < -0.39 is 0 Å². The molecule has 0 saturated heterocycles. The van der Waals surface area contributed by atoms with Crippen LogP contribution in [0.5, 0.6) is 5.88 Å². The summed E-state index contributed by atoms with van der Waals surface area (Å²) in [6.07, 6.45) is 5.03. The molecular formula is C15H17N5O. The number of unbranched alkanes of at least 4 members (excludes halogenated alkanes) is 1. The highest BCUT2D eigenvalue weighted by Gasteiger charge is 2.13. The van der Waals surface area contributed by atoms with E-state index in [4.69, 9.17) is 4.74 Å². The van der Waals surface area contributed by atoms with E-state index in [0.29, 0.717) is 11.7 Å². The van der Waals surface area contributed by atoms with Crippen molar-refractivity contribution in [2.24, 2.45) is 0 Å². The predicted octanol–water partition coefficient (Wildman–Crippen LogP) is 2.56. The van der Waals surface area contributed by atoms with E-state index in [1.807, 2.05) is 30.5 Å². The highest BCUT2D eigenvalue weighted by molar-refractivity contribution is 5.75. The van der Waals surface area contributed by atoms with Crippen LogP contribution in [0.15, 0.2) is 30.5 Å². The molecule has 108 valence electrons. The number of nitrogens with zero attached hydrogens (tertiary/aromatic N) is 5. The Hall–Kier alpha value is -2.50. The second kappa shape index (κ2) is 5.87. The van der Waals surface area contributed by atoms with Crippen LogP contribution in [0, 0.1) is 0 Å². The van der Waals surface area contributed by atoms with Gasteiger partial charge >= 0.3 is 0 Å². The molecule has 6 heteroatoms. The van der Waals surface area contributed by atoms with Crippen LogP contribution in [0.2, 0.25) is 0 Å². The fourth-order valence-electron chi connectivity index (χ4n) is 2.14. The van der Waals surface area contributed by atoms with Crippen LogP contribution < -0.4 is 4.74 Å². The number of rotatable bonds is 5. The molecule has 1 aromatic carbocycles. The van der Waals surface area contributed by atoms with Crippen LogP contribution in [-0.4, -0.2) is 32.1 Å². The van der Waals surface area contributed by atoms with Crippen molar-refractivity contribution in [1.29, 1.82) is 0 Å². The van der Waals surface area contributed by atoms with Crippen LogP contribution >= 0.6 is 0 Å². The van der Waals surface area contributed by atoms with E-state index in [1.54, 1.807) is 11.8 Å². The van der Waals surface area contributed by atoms with Crippen molar-refractivity contribution >= 4 is 11.0 Å². The number of methoxy groups -OCH3 is 1. The summed E-state index contributed by atoms with van der Waals surface area (Å²) < 4.78 is 6.96. The average Bonchev–Trinajstić information content (AvgIpc) is 3.00. The first-order valence-electron chi connectivity index (χ1n) is 7.04. The van der Waals surface area contributed by atoms with Crippen LogP contribution in [0.25, 0.3) is 16.9 Å². The molecule has 21 heavy (non-hydrogen) atoms. The van der Waals surface area contributed by atoms with E-state index in [-0.39, 0.29) is 0 Å². The number of hydrogen-bond acceptors (Lipinski definition) is 5. The molecule has 2 aromatic heterocycles. The highest BCUT2D eigenvalue weighted by atomic mass is 16.5. The quantitative estimate of drug-likeness (QED) is 0.720. The summed E-state index contributed by atoms with van der Waals surface area (Å²) in [6.45, 7) is 2.16. The summed E-state index contributed by atoms with van der Waals surface area (Å²) in [5.74, 6) is 1.01. The Morgan fingerprint density at radius 1 is 1.14 bits per heavy atom. The Morgan fingerprint density at radius 3 is 2.62 bits per heavy atom. The lowest BCUT2D eigenvalue weighted by Gasteiger charge is -2.07. The van der Waals surface area contributed by atoms with Gasteiger partial charge in [-0.2, -0.15) is 4.68 Å². The van der Waals surface area contributed by atoms with Crippen molar-refractivity contribution in [3.8, 4) is 11.7 Å². The lowest BCUT2D eigenvalue weighted by atomic mass is 10.2. The molecule has 0 spiro atoms. The molecule has 3 rings (SSSR count). The van der Waals surface area contributed by atoms with E-state index in [1.165, 1.54) is 0 Å².